The van der Waals surface area contributed by atoms with Gasteiger partial charge in [-0.2, -0.15) is 0 Å². The Morgan fingerprint density at radius 3 is 2.93 bits per heavy atom. The molecule has 5 nitrogen and oxygen atoms in total. The molecule has 0 unspecified atom stereocenters. The molecule has 0 aromatic carbocycles. The van der Waals surface area contributed by atoms with Gasteiger partial charge >= 0.3 is 0 Å². The van der Waals surface area contributed by atoms with Crippen LogP contribution in [0.15, 0.2) is 35.8 Å². The van der Waals surface area contributed by atoms with Crippen LogP contribution in [0.5, 0.6) is 0 Å². The standard InChI is InChI=1S/C9H10N4O/c1-12-5-4-11-8(12)6-13-7-10-3-2-9(13)14/h2-5,7H,6H2,1H3. The fourth-order valence-corrected chi connectivity index (χ4v) is 1.20. The van der Waals surface area contributed by atoms with E-state index in [0.717, 1.165) is 5.82 Å². The number of rotatable bonds is 2. The van der Waals surface area contributed by atoms with Gasteiger partial charge < -0.3 is 4.57 Å². The maximum Gasteiger partial charge on any atom is 0.253 e. The van der Waals surface area contributed by atoms with Crippen LogP contribution in [0.3, 0.4) is 0 Å². The Kier molecular flexibility index (Phi) is 2.14. The van der Waals surface area contributed by atoms with Gasteiger partial charge in [-0.1, -0.05) is 0 Å². The SMILES string of the molecule is Cn1ccnc1Cn1cnccc1=O. The molecule has 14 heavy (non-hydrogen) atoms. The molecule has 2 aromatic heterocycles. The lowest BCUT2D eigenvalue weighted by Crippen LogP contribution is -2.20. The van der Waals surface area contributed by atoms with Crippen LogP contribution in [-0.2, 0) is 13.6 Å². The van der Waals surface area contributed by atoms with Crippen LogP contribution in [0.25, 0.3) is 0 Å². The van der Waals surface area contributed by atoms with Gasteiger partial charge in [0.1, 0.15) is 5.82 Å². The molecule has 0 spiro atoms. The number of aryl methyl sites for hydroxylation is 1. The van der Waals surface area contributed by atoms with Gasteiger partial charge in [-0.25, -0.2) is 9.97 Å². The van der Waals surface area contributed by atoms with Gasteiger partial charge in [0.25, 0.3) is 5.56 Å². The first-order valence-corrected chi connectivity index (χ1v) is 4.24. The average Bonchev–Trinajstić information content (AvgIpc) is 2.56. The monoisotopic (exact) mass is 190 g/mol. The number of hydrogen-bond acceptors (Lipinski definition) is 3. The van der Waals surface area contributed by atoms with E-state index < -0.39 is 0 Å². The van der Waals surface area contributed by atoms with Crippen molar-refractivity contribution in [1.82, 2.24) is 19.1 Å². The van der Waals surface area contributed by atoms with E-state index in [1.807, 2.05) is 17.8 Å². The molecular formula is C9H10N4O. The third kappa shape index (κ3) is 1.56. The normalized spacial score (nSPS) is 10.4. The zero-order valence-corrected chi connectivity index (χ0v) is 7.79. The highest BCUT2D eigenvalue weighted by molar-refractivity contribution is 4.93. The molecule has 0 saturated carbocycles. The van der Waals surface area contributed by atoms with Gasteiger partial charge in [-0.05, 0) is 0 Å². The second-order valence-electron chi connectivity index (χ2n) is 3.00. The minimum absolute atomic E-state index is 0.0667. The molecule has 0 N–H and O–H groups in total. The Morgan fingerprint density at radius 2 is 2.29 bits per heavy atom. The second kappa shape index (κ2) is 3.45. The molecule has 2 rings (SSSR count). The molecule has 0 aliphatic heterocycles. The summed E-state index contributed by atoms with van der Waals surface area (Å²) in [5, 5.41) is 0. The van der Waals surface area contributed by atoms with Crippen molar-refractivity contribution < 1.29 is 0 Å². The zero-order valence-electron chi connectivity index (χ0n) is 7.79. The fourth-order valence-electron chi connectivity index (χ4n) is 1.20. The van der Waals surface area contributed by atoms with E-state index in [-0.39, 0.29) is 5.56 Å². The lowest BCUT2D eigenvalue weighted by atomic mass is 10.5. The van der Waals surface area contributed by atoms with Crippen LogP contribution < -0.4 is 5.56 Å². The van der Waals surface area contributed by atoms with E-state index in [1.165, 1.54) is 23.2 Å². The lowest BCUT2D eigenvalue weighted by Gasteiger charge is -2.03. The van der Waals surface area contributed by atoms with Crippen molar-refractivity contribution in [1.29, 1.82) is 0 Å². The first kappa shape index (κ1) is 8.68. The van der Waals surface area contributed by atoms with Gasteiger partial charge in [-0.3, -0.25) is 9.36 Å². The first-order chi connectivity index (χ1) is 6.77. The van der Waals surface area contributed by atoms with Crippen LogP contribution >= 0.6 is 0 Å². The maximum absolute atomic E-state index is 11.3. The molecule has 0 bridgehead atoms. The van der Waals surface area contributed by atoms with Crippen LogP contribution in [0, 0.1) is 0 Å². The van der Waals surface area contributed by atoms with Crippen molar-refractivity contribution in [2.45, 2.75) is 6.54 Å². The largest absolute Gasteiger partial charge is 0.337 e. The van der Waals surface area contributed by atoms with Gasteiger partial charge in [-0.15, -0.1) is 0 Å². The minimum Gasteiger partial charge on any atom is -0.337 e. The van der Waals surface area contributed by atoms with E-state index in [0.29, 0.717) is 6.54 Å². The third-order valence-electron chi connectivity index (χ3n) is 2.03. The Balaban J connectivity index is 2.32. The predicted octanol–water partition coefficient (Wildman–Crippen LogP) is 0.0251. The summed E-state index contributed by atoms with van der Waals surface area (Å²) in [5.41, 5.74) is -0.0667. The number of nitrogens with zero attached hydrogens (tertiary/aromatic N) is 4. The van der Waals surface area contributed by atoms with E-state index in [9.17, 15) is 4.79 Å². The van der Waals surface area contributed by atoms with Crippen LogP contribution in [0.4, 0.5) is 0 Å². The smallest absolute Gasteiger partial charge is 0.253 e. The molecule has 5 heteroatoms. The Hall–Kier alpha value is -1.91. The molecule has 2 aromatic rings. The molecule has 2 heterocycles. The van der Waals surface area contributed by atoms with E-state index in [2.05, 4.69) is 9.97 Å². The van der Waals surface area contributed by atoms with Gasteiger partial charge in [0.05, 0.1) is 12.9 Å². The molecule has 0 atom stereocenters. The first-order valence-electron chi connectivity index (χ1n) is 4.24. The highest BCUT2D eigenvalue weighted by atomic mass is 16.1. The Morgan fingerprint density at radius 1 is 1.43 bits per heavy atom. The second-order valence-corrected chi connectivity index (χ2v) is 3.00. The zero-order chi connectivity index (χ0) is 9.97. The predicted molar refractivity (Wildman–Crippen MR) is 50.8 cm³/mol. The molecule has 0 fully saturated rings. The van der Waals surface area contributed by atoms with E-state index in [1.54, 1.807) is 6.20 Å². The summed E-state index contributed by atoms with van der Waals surface area (Å²) >= 11 is 0. The van der Waals surface area contributed by atoms with Crippen molar-refractivity contribution in [2.75, 3.05) is 0 Å². The van der Waals surface area contributed by atoms with Crippen molar-refractivity contribution >= 4 is 0 Å². The van der Waals surface area contributed by atoms with Crippen molar-refractivity contribution in [3.05, 3.63) is 47.2 Å². The summed E-state index contributed by atoms with van der Waals surface area (Å²) < 4.78 is 3.39. The quantitative estimate of drug-likeness (QED) is 0.671. The van der Waals surface area contributed by atoms with Crippen molar-refractivity contribution in [3.63, 3.8) is 0 Å². The van der Waals surface area contributed by atoms with E-state index >= 15 is 0 Å². The van der Waals surface area contributed by atoms with Crippen LogP contribution in [0.1, 0.15) is 5.82 Å². The summed E-state index contributed by atoms with van der Waals surface area (Å²) in [7, 11) is 1.89. The minimum atomic E-state index is -0.0667. The summed E-state index contributed by atoms with van der Waals surface area (Å²) in [6, 6.07) is 1.43. The summed E-state index contributed by atoms with van der Waals surface area (Å²) in [5.74, 6) is 0.833. The van der Waals surface area contributed by atoms with Crippen molar-refractivity contribution in [2.24, 2.45) is 7.05 Å². The number of imidazole rings is 1. The van der Waals surface area contributed by atoms with Gasteiger partial charge in [0, 0.05) is 31.7 Å². The molecule has 0 saturated heterocycles. The maximum atomic E-state index is 11.3. The molecular weight excluding hydrogens is 180 g/mol. The highest BCUT2D eigenvalue weighted by Crippen LogP contribution is 1.95. The average molecular weight is 190 g/mol. The Bertz CT molecular complexity index is 485. The lowest BCUT2D eigenvalue weighted by molar-refractivity contribution is 0.666. The third-order valence-corrected chi connectivity index (χ3v) is 2.03. The molecule has 0 radical (unpaired) electrons. The summed E-state index contributed by atoms with van der Waals surface area (Å²) in [4.78, 5) is 19.4. The molecule has 0 amide bonds. The Labute approximate surface area is 80.7 Å². The summed E-state index contributed by atoms with van der Waals surface area (Å²) in [6.07, 6.45) is 6.54. The number of hydrogen-bond donors (Lipinski definition) is 0. The molecule has 0 aliphatic carbocycles. The topological polar surface area (TPSA) is 52.7 Å². The van der Waals surface area contributed by atoms with Crippen LogP contribution in [-0.4, -0.2) is 19.1 Å². The molecule has 72 valence electrons. The van der Waals surface area contributed by atoms with Crippen LogP contribution in [0.2, 0.25) is 0 Å². The number of aromatic nitrogens is 4. The highest BCUT2D eigenvalue weighted by Gasteiger charge is 2.01. The van der Waals surface area contributed by atoms with E-state index in [4.69, 9.17) is 0 Å². The fraction of sp³-hybridized carbons (Fsp3) is 0.222. The molecule has 0 aliphatic rings. The van der Waals surface area contributed by atoms with Crippen molar-refractivity contribution in [3.8, 4) is 0 Å². The summed E-state index contributed by atoms with van der Waals surface area (Å²) in [6.45, 7) is 0.455. The van der Waals surface area contributed by atoms with Gasteiger partial charge in [0.15, 0.2) is 0 Å². The van der Waals surface area contributed by atoms with Gasteiger partial charge in [0.2, 0.25) is 0 Å².